The zero-order valence-corrected chi connectivity index (χ0v) is 11.0. The molecule has 1 N–H and O–H groups in total. The van der Waals surface area contributed by atoms with Crippen LogP contribution in [0.2, 0.25) is 0 Å². The molecule has 0 atom stereocenters. The minimum Gasteiger partial charge on any atom is -0.481 e. The maximum Gasteiger partial charge on any atom is 0.314 e. The minimum absolute atomic E-state index is 0.623. The molecule has 1 heterocycles. The van der Waals surface area contributed by atoms with Crippen LogP contribution in [-0.4, -0.2) is 11.1 Å². The molecule has 0 amide bonds. The lowest BCUT2D eigenvalue weighted by Gasteiger charge is -2.32. The van der Waals surface area contributed by atoms with Crippen LogP contribution in [-0.2, 0) is 10.2 Å². The minimum atomic E-state index is -0.645. The predicted octanol–water partition coefficient (Wildman–Crippen LogP) is 4.19. The van der Waals surface area contributed by atoms with E-state index in [1.165, 1.54) is 16.5 Å². The summed E-state index contributed by atoms with van der Waals surface area (Å²) in [5, 5.41) is 10.8. The second kappa shape index (κ2) is 4.39. The second-order valence-electron chi connectivity index (χ2n) is 5.10. The Morgan fingerprint density at radius 2 is 1.89 bits per heavy atom. The van der Waals surface area contributed by atoms with Gasteiger partial charge in [-0.05, 0) is 30.4 Å². The monoisotopic (exact) mass is 260 g/mol. The maximum absolute atomic E-state index is 11.8. The molecule has 2 nitrogen and oxygen atoms in total. The summed E-state index contributed by atoms with van der Waals surface area (Å²) < 4.78 is 1.19. The van der Waals surface area contributed by atoms with E-state index in [0.717, 1.165) is 30.6 Å². The third kappa shape index (κ3) is 1.74. The smallest absolute Gasteiger partial charge is 0.314 e. The molecule has 0 unspecified atom stereocenters. The van der Waals surface area contributed by atoms with Gasteiger partial charge in [0.2, 0.25) is 0 Å². The Hall–Kier alpha value is -1.35. The van der Waals surface area contributed by atoms with E-state index >= 15 is 0 Å². The van der Waals surface area contributed by atoms with Gasteiger partial charge >= 0.3 is 5.97 Å². The van der Waals surface area contributed by atoms with Gasteiger partial charge in [0, 0.05) is 9.58 Å². The van der Waals surface area contributed by atoms with Crippen LogP contribution >= 0.6 is 11.3 Å². The van der Waals surface area contributed by atoms with Gasteiger partial charge in [-0.25, -0.2) is 0 Å². The van der Waals surface area contributed by atoms with E-state index < -0.39 is 11.4 Å². The first-order valence-electron chi connectivity index (χ1n) is 6.45. The van der Waals surface area contributed by atoms with Crippen LogP contribution in [0.4, 0.5) is 0 Å². The van der Waals surface area contributed by atoms with E-state index in [2.05, 4.69) is 18.2 Å². The molecule has 2 aromatic rings. The van der Waals surface area contributed by atoms with Gasteiger partial charge in [-0.15, -0.1) is 11.3 Å². The third-order valence-corrected chi connectivity index (χ3v) is 5.33. The molecule has 1 aromatic heterocycles. The van der Waals surface area contributed by atoms with Gasteiger partial charge in [-0.2, -0.15) is 0 Å². The summed E-state index contributed by atoms with van der Waals surface area (Å²) in [6, 6.07) is 10.2. The number of carboxylic acid groups (broad SMARTS) is 1. The van der Waals surface area contributed by atoms with E-state index in [0.29, 0.717) is 0 Å². The average Bonchev–Trinajstić information content (AvgIpc) is 2.83. The first-order valence-corrected chi connectivity index (χ1v) is 7.26. The molecule has 1 fully saturated rings. The van der Waals surface area contributed by atoms with Gasteiger partial charge in [0.25, 0.3) is 0 Å². The lowest BCUT2D eigenvalue weighted by Crippen LogP contribution is -2.36. The molecule has 0 saturated heterocycles. The fraction of sp³-hybridized carbons (Fsp3) is 0.400. The number of thiophene rings is 1. The van der Waals surface area contributed by atoms with Crippen LogP contribution < -0.4 is 0 Å². The molecule has 0 bridgehead atoms. The number of benzene rings is 1. The summed E-state index contributed by atoms with van der Waals surface area (Å²) in [6.45, 7) is 0. The molecule has 0 radical (unpaired) electrons. The summed E-state index contributed by atoms with van der Waals surface area (Å²) in [5.41, 5.74) is -0.623. The van der Waals surface area contributed by atoms with E-state index in [1.54, 1.807) is 11.3 Å². The van der Waals surface area contributed by atoms with Crippen molar-refractivity contribution in [3.63, 3.8) is 0 Å². The van der Waals surface area contributed by atoms with Crippen LogP contribution in [0.25, 0.3) is 10.1 Å². The first kappa shape index (κ1) is 11.7. The zero-order chi connectivity index (χ0) is 12.6. The molecule has 3 heteroatoms. The topological polar surface area (TPSA) is 37.3 Å². The summed E-state index contributed by atoms with van der Waals surface area (Å²) in [6.07, 6.45) is 4.80. The highest BCUT2D eigenvalue weighted by Crippen LogP contribution is 2.44. The second-order valence-corrected chi connectivity index (χ2v) is 6.18. The quantitative estimate of drug-likeness (QED) is 0.879. The van der Waals surface area contributed by atoms with Crippen molar-refractivity contribution in [2.75, 3.05) is 0 Å². The molecule has 1 aromatic carbocycles. The molecule has 1 aliphatic rings. The lowest BCUT2D eigenvalue weighted by molar-refractivity contribution is -0.145. The number of carboxylic acids is 1. The summed E-state index contributed by atoms with van der Waals surface area (Å²) in [5.74, 6) is -0.645. The van der Waals surface area contributed by atoms with Crippen LogP contribution in [0.3, 0.4) is 0 Å². The summed E-state index contributed by atoms with van der Waals surface area (Å²) in [4.78, 5) is 12.8. The van der Waals surface area contributed by atoms with Gasteiger partial charge in [0.1, 0.15) is 5.41 Å². The van der Waals surface area contributed by atoms with Crippen molar-refractivity contribution < 1.29 is 9.90 Å². The Labute approximate surface area is 110 Å². The Kier molecular flexibility index (Phi) is 2.86. The van der Waals surface area contributed by atoms with Crippen LogP contribution in [0, 0.1) is 0 Å². The van der Waals surface area contributed by atoms with Crippen molar-refractivity contribution in [2.45, 2.75) is 37.5 Å². The summed E-state index contributed by atoms with van der Waals surface area (Å²) >= 11 is 1.65. The van der Waals surface area contributed by atoms with Crippen LogP contribution in [0.1, 0.15) is 37.0 Å². The van der Waals surface area contributed by atoms with Gasteiger partial charge in [-0.3, -0.25) is 4.79 Å². The fourth-order valence-electron chi connectivity index (χ4n) is 2.94. The van der Waals surface area contributed by atoms with E-state index in [9.17, 15) is 9.90 Å². The molecular formula is C15H16O2S. The van der Waals surface area contributed by atoms with Crippen molar-refractivity contribution in [3.8, 4) is 0 Å². The van der Waals surface area contributed by atoms with Crippen molar-refractivity contribution in [1.29, 1.82) is 0 Å². The zero-order valence-electron chi connectivity index (χ0n) is 10.2. The third-order valence-electron chi connectivity index (χ3n) is 4.01. The van der Waals surface area contributed by atoms with E-state index in [4.69, 9.17) is 0 Å². The number of fused-ring (bicyclic) bond motifs is 1. The molecular weight excluding hydrogens is 244 g/mol. The fourth-order valence-corrected chi connectivity index (χ4v) is 4.24. The molecule has 0 aliphatic heterocycles. The Morgan fingerprint density at radius 3 is 2.56 bits per heavy atom. The SMILES string of the molecule is O=C(O)C1(c2cc3ccccc3s2)CCCCC1. The number of rotatable bonds is 2. The highest BCUT2D eigenvalue weighted by molar-refractivity contribution is 7.19. The highest BCUT2D eigenvalue weighted by Gasteiger charge is 2.42. The van der Waals surface area contributed by atoms with Crippen LogP contribution in [0.15, 0.2) is 30.3 Å². The van der Waals surface area contributed by atoms with Crippen molar-refractivity contribution >= 4 is 27.4 Å². The lowest BCUT2D eigenvalue weighted by atomic mass is 9.73. The van der Waals surface area contributed by atoms with Crippen LogP contribution in [0.5, 0.6) is 0 Å². The van der Waals surface area contributed by atoms with E-state index in [1.807, 2.05) is 12.1 Å². The van der Waals surface area contributed by atoms with Gasteiger partial charge in [0.05, 0.1) is 0 Å². The van der Waals surface area contributed by atoms with Crippen molar-refractivity contribution in [1.82, 2.24) is 0 Å². The molecule has 0 spiro atoms. The van der Waals surface area contributed by atoms with E-state index in [-0.39, 0.29) is 0 Å². The molecule has 3 rings (SSSR count). The number of hydrogen-bond donors (Lipinski definition) is 1. The molecule has 18 heavy (non-hydrogen) atoms. The van der Waals surface area contributed by atoms with Crippen molar-refractivity contribution in [2.24, 2.45) is 0 Å². The Bertz CT molecular complexity index is 546. The predicted molar refractivity (Wildman–Crippen MR) is 74.2 cm³/mol. The number of hydrogen-bond acceptors (Lipinski definition) is 2. The number of carbonyl (C=O) groups is 1. The highest BCUT2D eigenvalue weighted by atomic mass is 32.1. The number of aliphatic carboxylic acids is 1. The standard InChI is InChI=1S/C15H16O2S/c16-14(17)15(8-4-1-5-9-15)13-10-11-6-2-3-7-12(11)18-13/h2-3,6-7,10H,1,4-5,8-9H2,(H,16,17). The maximum atomic E-state index is 11.8. The Balaban J connectivity index is 2.12. The molecule has 1 aliphatic carbocycles. The first-order chi connectivity index (χ1) is 8.72. The van der Waals surface area contributed by atoms with Gasteiger partial charge in [-0.1, -0.05) is 37.5 Å². The van der Waals surface area contributed by atoms with Crippen molar-refractivity contribution in [3.05, 3.63) is 35.2 Å². The normalized spacial score (nSPS) is 18.9. The summed E-state index contributed by atoms with van der Waals surface area (Å²) in [7, 11) is 0. The Morgan fingerprint density at radius 1 is 1.17 bits per heavy atom. The molecule has 94 valence electrons. The van der Waals surface area contributed by atoms with Gasteiger partial charge in [0.15, 0.2) is 0 Å². The average molecular weight is 260 g/mol. The molecule has 1 saturated carbocycles. The van der Waals surface area contributed by atoms with Gasteiger partial charge < -0.3 is 5.11 Å². The largest absolute Gasteiger partial charge is 0.481 e.